The third kappa shape index (κ3) is 2.30. The van der Waals surface area contributed by atoms with Crippen LogP contribution in [0.1, 0.15) is 42.1 Å². The summed E-state index contributed by atoms with van der Waals surface area (Å²) in [7, 11) is 0. The van der Waals surface area contributed by atoms with Gasteiger partial charge < -0.3 is 5.32 Å². The Balaban J connectivity index is 2.35. The molecule has 1 N–H and O–H groups in total. The quantitative estimate of drug-likeness (QED) is 0.735. The van der Waals surface area contributed by atoms with E-state index in [0.717, 1.165) is 30.4 Å². The molecule has 3 heteroatoms. The first kappa shape index (κ1) is 10.9. The standard InChI is InChI=1S/C13H15NO2/c1-9(15)14-11-7-6-10-4-2-3-5-13(16)12(10)8-11/h6-8H,2-5H2,1H3,(H,14,15). The number of hydrogen-bond acceptors (Lipinski definition) is 2. The van der Waals surface area contributed by atoms with Crippen molar-refractivity contribution in [3.8, 4) is 0 Å². The molecule has 3 nitrogen and oxygen atoms in total. The van der Waals surface area contributed by atoms with Crippen LogP contribution in [-0.4, -0.2) is 11.7 Å². The first-order chi connectivity index (χ1) is 7.66. The van der Waals surface area contributed by atoms with Crippen molar-refractivity contribution in [1.82, 2.24) is 0 Å². The Morgan fingerprint density at radius 1 is 1.25 bits per heavy atom. The Morgan fingerprint density at radius 2 is 2.00 bits per heavy atom. The van der Waals surface area contributed by atoms with Crippen LogP contribution < -0.4 is 5.32 Å². The number of anilines is 1. The fourth-order valence-corrected chi connectivity index (χ4v) is 2.07. The Bertz CT molecular complexity index is 438. The van der Waals surface area contributed by atoms with E-state index in [2.05, 4.69) is 5.32 Å². The summed E-state index contributed by atoms with van der Waals surface area (Å²) in [5.74, 6) is 0.0840. The summed E-state index contributed by atoms with van der Waals surface area (Å²) in [5, 5.41) is 2.70. The summed E-state index contributed by atoms with van der Waals surface area (Å²) < 4.78 is 0. The molecule has 1 aromatic rings. The van der Waals surface area contributed by atoms with Gasteiger partial charge in [0.2, 0.25) is 5.91 Å². The van der Waals surface area contributed by atoms with Crippen molar-refractivity contribution in [2.24, 2.45) is 0 Å². The second-order valence-corrected chi connectivity index (χ2v) is 4.18. The van der Waals surface area contributed by atoms with E-state index in [1.807, 2.05) is 12.1 Å². The molecule has 16 heavy (non-hydrogen) atoms. The molecular formula is C13H15NO2. The number of fused-ring (bicyclic) bond motifs is 1. The maximum atomic E-state index is 11.8. The van der Waals surface area contributed by atoms with Gasteiger partial charge in [-0.1, -0.05) is 6.07 Å². The van der Waals surface area contributed by atoms with Gasteiger partial charge in [0.05, 0.1) is 0 Å². The molecule has 0 aliphatic heterocycles. The van der Waals surface area contributed by atoms with Crippen LogP contribution in [0.4, 0.5) is 5.69 Å². The van der Waals surface area contributed by atoms with Crippen LogP contribution in [0.2, 0.25) is 0 Å². The highest BCUT2D eigenvalue weighted by molar-refractivity contribution is 5.99. The second kappa shape index (κ2) is 4.47. The zero-order valence-corrected chi connectivity index (χ0v) is 9.38. The molecule has 1 aliphatic carbocycles. The first-order valence-corrected chi connectivity index (χ1v) is 5.60. The van der Waals surface area contributed by atoms with Crippen molar-refractivity contribution < 1.29 is 9.59 Å². The van der Waals surface area contributed by atoms with Crippen molar-refractivity contribution in [2.45, 2.75) is 32.6 Å². The summed E-state index contributed by atoms with van der Waals surface area (Å²) in [5.41, 5.74) is 2.60. The molecule has 0 spiro atoms. The lowest BCUT2D eigenvalue weighted by molar-refractivity contribution is -0.114. The highest BCUT2D eigenvalue weighted by atomic mass is 16.1. The minimum atomic E-state index is -0.110. The first-order valence-electron chi connectivity index (χ1n) is 5.60. The number of carbonyl (C=O) groups excluding carboxylic acids is 2. The predicted octanol–water partition coefficient (Wildman–Crippen LogP) is 2.55. The number of Topliss-reactive ketones (excluding diaryl/α,β-unsaturated/α-hetero) is 1. The summed E-state index contributed by atoms with van der Waals surface area (Å²) in [6, 6.07) is 5.60. The summed E-state index contributed by atoms with van der Waals surface area (Å²) >= 11 is 0. The van der Waals surface area contributed by atoms with Gasteiger partial charge in [-0.05, 0) is 37.0 Å². The number of ketones is 1. The van der Waals surface area contributed by atoms with Gasteiger partial charge in [-0.25, -0.2) is 0 Å². The van der Waals surface area contributed by atoms with Crippen LogP contribution >= 0.6 is 0 Å². The Labute approximate surface area is 94.9 Å². The number of benzene rings is 1. The Hall–Kier alpha value is -1.64. The lowest BCUT2D eigenvalue weighted by Crippen LogP contribution is -2.08. The van der Waals surface area contributed by atoms with Gasteiger partial charge in [-0.15, -0.1) is 0 Å². The summed E-state index contributed by atoms with van der Waals surface area (Å²) in [6.07, 6.45) is 3.61. The van der Waals surface area contributed by atoms with Gasteiger partial charge >= 0.3 is 0 Å². The van der Waals surface area contributed by atoms with E-state index < -0.39 is 0 Å². The van der Waals surface area contributed by atoms with Crippen LogP contribution in [0.25, 0.3) is 0 Å². The third-order valence-electron chi connectivity index (χ3n) is 2.83. The van der Waals surface area contributed by atoms with Gasteiger partial charge in [-0.3, -0.25) is 9.59 Å². The molecule has 0 radical (unpaired) electrons. The molecule has 1 aromatic carbocycles. The Morgan fingerprint density at radius 3 is 2.75 bits per heavy atom. The number of amides is 1. The van der Waals surface area contributed by atoms with Gasteiger partial charge in [0.25, 0.3) is 0 Å². The highest BCUT2D eigenvalue weighted by Gasteiger charge is 2.15. The fourth-order valence-electron chi connectivity index (χ4n) is 2.07. The van der Waals surface area contributed by atoms with Crippen LogP contribution in [0.3, 0.4) is 0 Å². The second-order valence-electron chi connectivity index (χ2n) is 4.18. The van der Waals surface area contributed by atoms with E-state index in [9.17, 15) is 9.59 Å². The number of nitrogens with one attached hydrogen (secondary N) is 1. The van der Waals surface area contributed by atoms with E-state index >= 15 is 0 Å². The van der Waals surface area contributed by atoms with Crippen molar-refractivity contribution in [3.05, 3.63) is 29.3 Å². The lowest BCUT2D eigenvalue weighted by Gasteiger charge is -2.08. The molecule has 0 heterocycles. The Kier molecular flexibility index (Phi) is 3.04. The van der Waals surface area contributed by atoms with E-state index in [1.54, 1.807) is 6.07 Å². The van der Waals surface area contributed by atoms with Crippen LogP contribution in [0.5, 0.6) is 0 Å². The van der Waals surface area contributed by atoms with E-state index in [4.69, 9.17) is 0 Å². The minimum absolute atomic E-state index is 0.110. The highest BCUT2D eigenvalue weighted by Crippen LogP contribution is 2.23. The number of rotatable bonds is 1. The molecule has 1 aliphatic rings. The zero-order chi connectivity index (χ0) is 11.5. The molecule has 0 saturated heterocycles. The number of hydrogen-bond donors (Lipinski definition) is 1. The van der Waals surface area contributed by atoms with Crippen LogP contribution in [0.15, 0.2) is 18.2 Å². The molecule has 0 atom stereocenters. The SMILES string of the molecule is CC(=O)Nc1ccc2c(c1)C(=O)CCCC2. The van der Waals surface area contributed by atoms with Crippen molar-refractivity contribution in [1.29, 1.82) is 0 Å². The van der Waals surface area contributed by atoms with E-state index in [1.165, 1.54) is 6.92 Å². The van der Waals surface area contributed by atoms with Crippen molar-refractivity contribution in [3.63, 3.8) is 0 Å². The van der Waals surface area contributed by atoms with Gasteiger partial charge in [0.1, 0.15) is 0 Å². The molecule has 0 saturated carbocycles. The number of carbonyl (C=O) groups is 2. The normalized spacial score (nSPS) is 15.2. The monoisotopic (exact) mass is 217 g/mol. The topological polar surface area (TPSA) is 46.2 Å². The third-order valence-corrected chi connectivity index (χ3v) is 2.83. The van der Waals surface area contributed by atoms with Gasteiger partial charge in [-0.2, -0.15) is 0 Å². The summed E-state index contributed by atoms with van der Waals surface area (Å²) in [4.78, 5) is 22.8. The van der Waals surface area contributed by atoms with E-state index in [0.29, 0.717) is 12.1 Å². The maximum Gasteiger partial charge on any atom is 0.221 e. The predicted molar refractivity (Wildman–Crippen MR) is 62.6 cm³/mol. The molecule has 0 fully saturated rings. The molecule has 84 valence electrons. The molecule has 0 unspecified atom stereocenters. The van der Waals surface area contributed by atoms with Crippen molar-refractivity contribution in [2.75, 3.05) is 5.32 Å². The maximum absolute atomic E-state index is 11.8. The smallest absolute Gasteiger partial charge is 0.221 e. The molecular weight excluding hydrogens is 202 g/mol. The zero-order valence-electron chi connectivity index (χ0n) is 9.38. The average molecular weight is 217 g/mol. The average Bonchev–Trinajstić information content (AvgIpc) is 2.41. The summed E-state index contributed by atoms with van der Waals surface area (Å²) in [6.45, 7) is 1.47. The van der Waals surface area contributed by atoms with Crippen molar-refractivity contribution >= 4 is 17.4 Å². The lowest BCUT2D eigenvalue weighted by atomic mass is 10.0. The van der Waals surface area contributed by atoms with Crippen LogP contribution in [0, 0.1) is 0 Å². The van der Waals surface area contributed by atoms with Gasteiger partial charge in [0.15, 0.2) is 5.78 Å². The largest absolute Gasteiger partial charge is 0.326 e. The molecule has 0 aromatic heterocycles. The molecule has 2 rings (SSSR count). The van der Waals surface area contributed by atoms with Crippen LogP contribution in [-0.2, 0) is 11.2 Å². The minimum Gasteiger partial charge on any atom is -0.326 e. The fraction of sp³-hybridized carbons (Fsp3) is 0.385. The van der Waals surface area contributed by atoms with Gasteiger partial charge in [0, 0.05) is 24.6 Å². The number of aryl methyl sites for hydroxylation is 1. The molecule has 0 bridgehead atoms. The van der Waals surface area contributed by atoms with E-state index in [-0.39, 0.29) is 11.7 Å². The molecule has 1 amide bonds.